The lowest BCUT2D eigenvalue weighted by molar-refractivity contribution is -0.142. The molecule has 0 spiro atoms. The number of nitrogens with zero attached hydrogens (tertiary/aromatic N) is 2. The summed E-state index contributed by atoms with van der Waals surface area (Å²) in [6.45, 7) is 6.45. The minimum absolute atomic E-state index is 0.213. The van der Waals surface area contributed by atoms with Gasteiger partial charge in [-0.3, -0.25) is 9.36 Å². The summed E-state index contributed by atoms with van der Waals surface area (Å²) < 4.78 is 7.21. The normalized spacial score (nSPS) is 10.8. The molecule has 0 atom stereocenters. The SMILES string of the molecule is COc1c(C)cccc1-c1cn(OC(C)=O)c(=O)n(C(C)C)c1=O. The van der Waals surface area contributed by atoms with Gasteiger partial charge in [0.2, 0.25) is 0 Å². The summed E-state index contributed by atoms with van der Waals surface area (Å²) in [5.41, 5.74) is 0.404. The van der Waals surface area contributed by atoms with Gasteiger partial charge in [-0.1, -0.05) is 18.2 Å². The van der Waals surface area contributed by atoms with E-state index in [0.717, 1.165) is 14.9 Å². The van der Waals surface area contributed by atoms with Crippen molar-refractivity contribution < 1.29 is 14.4 Å². The lowest BCUT2D eigenvalue weighted by Gasteiger charge is -2.16. The second-order valence-electron chi connectivity index (χ2n) is 5.66. The Morgan fingerprint density at radius 1 is 1.17 bits per heavy atom. The maximum Gasteiger partial charge on any atom is 0.364 e. The van der Waals surface area contributed by atoms with Crippen molar-refractivity contribution in [3.63, 3.8) is 0 Å². The van der Waals surface area contributed by atoms with Crippen LogP contribution in [0.5, 0.6) is 5.75 Å². The zero-order valence-corrected chi connectivity index (χ0v) is 14.3. The van der Waals surface area contributed by atoms with Crippen LogP contribution in [0, 0.1) is 6.92 Å². The highest BCUT2D eigenvalue weighted by Gasteiger charge is 2.19. The molecule has 0 aliphatic carbocycles. The largest absolute Gasteiger partial charge is 0.496 e. The molecule has 24 heavy (non-hydrogen) atoms. The van der Waals surface area contributed by atoms with E-state index in [2.05, 4.69) is 0 Å². The molecule has 1 heterocycles. The summed E-state index contributed by atoms with van der Waals surface area (Å²) in [4.78, 5) is 41.4. The Morgan fingerprint density at radius 3 is 2.38 bits per heavy atom. The third-order valence-electron chi connectivity index (χ3n) is 3.54. The van der Waals surface area contributed by atoms with Crippen molar-refractivity contribution in [1.29, 1.82) is 0 Å². The molecule has 7 heteroatoms. The van der Waals surface area contributed by atoms with Crippen LogP contribution in [0.2, 0.25) is 0 Å². The standard InChI is InChI=1S/C17H20N2O5/c1-10(2)19-16(21)14(9-18(17(19)22)24-12(4)20)13-8-6-7-11(3)15(13)23-5/h6-10H,1-5H3. The fourth-order valence-corrected chi connectivity index (χ4v) is 2.53. The summed E-state index contributed by atoms with van der Waals surface area (Å²) in [6, 6.07) is 4.96. The predicted octanol–water partition coefficient (Wildman–Crippen LogP) is 1.55. The number of carbonyl (C=O) groups excluding carboxylic acids is 1. The molecule has 2 aromatic rings. The molecule has 2 rings (SSSR count). The Morgan fingerprint density at radius 2 is 1.83 bits per heavy atom. The minimum atomic E-state index is -0.708. The fourth-order valence-electron chi connectivity index (χ4n) is 2.53. The van der Waals surface area contributed by atoms with Gasteiger partial charge in [0.05, 0.1) is 18.9 Å². The first kappa shape index (κ1) is 17.5. The molecule has 1 aromatic carbocycles. The molecule has 0 fully saturated rings. The van der Waals surface area contributed by atoms with E-state index in [9.17, 15) is 14.4 Å². The van der Waals surface area contributed by atoms with E-state index in [1.165, 1.54) is 20.2 Å². The van der Waals surface area contributed by atoms with Gasteiger partial charge in [0.1, 0.15) is 5.75 Å². The van der Waals surface area contributed by atoms with E-state index in [1.807, 2.05) is 13.0 Å². The maximum absolute atomic E-state index is 12.8. The van der Waals surface area contributed by atoms with Crippen LogP contribution < -0.4 is 20.8 Å². The number of hydrogen-bond donors (Lipinski definition) is 0. The monoisotopic (exact) mass is 332 g/mol. The van der Waals surface area contributed by atoms with Gasteiger partial charge in [0, 0.05) is 18.5 Å². The topological polar surface area (TPSA) is 79.5 Å². The quantitative estimate of drug-likeness (QED) is 0.849. The molecule has 1 aromatic heterocycles. The maximum atomic E-state index is 12.8. The lowest BCUT2D eigenvalue weighted by Crippen LogP contribution is -2.44. The smallest absolute Gasteiger partial charge is 0.364 e. The average Bonchev–Trinajstić information content (AvgIpc) is 2.49. The van der Waals surface area contributed by atoms with E-state index in [-0.39, 0.29) is 5.56 Å². The van der Waals surface area contributed by atoms with E-state index in [0.29, 0.717) is 11.3 Å². The molecule has 0 saturated carbocycles. The fraction of sp³-hybridized carbons (Fsp3) is 0.353. The van der Waals surface area contributed by atoms with Crippen molar-refractivity contribution in [3.8, 4) is 16.9 Å². The molecule has 128 valence electrons. The molecule has 0 N–H and O–H groups in total. The number of aryl methyl sites for hydroxylation is 1. The van der Waals surface area contributed by atoms with Crippen LogP contribution in [-0.2, 0) is 4.79 Å². The molecule has 0 amide bonds. The Hall–Kier alpha value is -2.83. The van der Waals surface area contributed by atoms with Gasteiger partial charge >= 0.3 is 11.7 Å². The highest BCUT2D eigenvalue weighted by molar-refractivity contribution is 5.71. The van der Waals surface area contributed by atoms with Crippen LogP contribution in [0.15, 0.2) is 34.0 Å². The van der Waals surface area contributed by atoms with Gasteiger partial charge in [0.15, 0.2) is 0 Å². The molecular formula is C17H20N2O5. The molecule has 0 aliphatic heterocycles. The van der Waals surface area contributed by atoms with Gasteiger partial charge in [-0.2, -0.15) is 0 Å². The van der Waals surface area contributed by atoms with E-state index in [1.54, 1.807) is 26.0 Å². The Balaban J connectivity index is 2.87. The predicted molar refractivity (Wildman–Crippen MR) is 89.3 cm³/mol. The summed E-state index contributed by atoms with van der Waals surface area (Å²) in [5.74, 6) is -0.133. The highest BCUT2D eigenvalue weighted by atomic mass is 16.7. The van der Waals surface area contributed by atoms with Crippen LogP contribution in [0.1, 0.15) is 32.4 Å². The number of ether oxygens (including phenoxy) is 1. The number of benzene rings is 1. The Labute approximate surface area is 139 Å². The summed E-state index contributed by atoms with van der Waals surface area (Å²) >= 11 is 0. The molecular weight excluding hydrogens is 312 g/mol. The lowest BCUT2D eigenvalue weighted by atomic mass is 10.0. The molecule has 0 bridgehead atoms. The van der Waals surface area contributed by atoms with Gasteiger partial charge in [0.25, 0.3) is 5.56 Å². The van der Waals surface area contributed by atoms with Crippen molar-refractivity contribution in [2.75, 3.05) is 7.11 Å². The van der Waals surface area contributed by atoms with E-state index in [4.69, 9.17) is 9.57 Å². The number of hydrogen-bond acceptors (Lipinski definition) is 5. The van der Waals surface area contributed by atoms with Gasteiger partial charge in [-0.15, -0.1) is 4.73 Å². The number of methoxy groups -OCH3 is 1. The summed E-state index contributed by atoms with van der Waals surface area (Å²) in [7, 11) is 1.51. The number of aromatic nitrogens is 2. The van der Waals surface area contributed by atoms with Crippen LogP contribution in [-0.4, -0.2) is 22.4 Å². The zero-order chi connectivity index (χ0) is 18.0. The molecule has 0 aliphatic rings. The third-order valence-corrected chi connectivity index (χ3v) is 3.54. The number of para-hydroxylation sites is 1. The highest BCUT2D eigenvalue weighted by Crippen LogP contribution is 2.30. The first-order valence-electron chi connectivity index (χ1n) is 7.49. The average molecular weight is 332 g/mol. The van der Waals surface area contributed by atoms with Crippen molar-refractivity contribution in [3.05, 3.63) is 50.8 Å². The van der Waals surface area contributed by atoms with E-state index < -0.39 is 23.3 Å². The Kier molecular flexibility index (Phi) is 4.92. The first-order valence-corrected chi connectivity index (χ1v) is 7.49. The summed E-state index contributed by atoms with van der Waals surface area (Å²) in [5, 5.41) is 0. The Bertz CT molecular complexity index is 893. The van der Waals surface area contributed by atoms with Crippen molar-refractivity contribution in [2.24, 2.45) is 0 Å². The van der Waals surface area contributed by atoms with Crippen LogP contribution >= 0.6 is 0 Å². The number of carbonyl (C=O) groups is 1. The van der Waals surface area contributed by atoms with Crippen LogP contribution in [0.25, 0.3) is 11.1 Å². The molecule has 7 nitrogen and oxygen atoms in total. The van der Waals surface area contributed by atoms with Gasteiger partial charge in [-0.05, 0) is 26.3 Å². The number of rotatable bonds is 4. The van der Waals surface area contributed by atoms with Crippen molar-refractivity contribution >= 4 is 5.97 Å². The second kappa shape index (κ2) is 6.74. The van der Waals surface area contributed by atoms with Crippen LogP contribution in [0.3, 0.4) is 0 Å². The molecule has 0 saturated heterocycles. The summed E-state index contributed by atoms with van der Waals surface area (Å²) in [6.07, 6.45) is 1.22. The van der Waals surface area contributed by atoms with Crippen LogP contribution in [0.4, 0.5) is 0 Å². The molecule has 0 radical (unpaired) electrons. The zero-order valence-electron chi connectivity index (χ0n) is 14.3. The second-order valence-corrected chi connectivity index (χ2v) is 5.66. The van der Waals surface area contributed by atoms with Crippen molar-refractivity contribution in [2.45, 2.75) is 33.7 Å². The molecule has 0 unspecified atom stereocenters. The first-order chi connectivity index (χ1) is 11.3. The van der Waals surface area contributed by atoms with Gasteiger partial charge < -0.3 is 9.57 Å². The third kappa shape index (κ3) is 3.10. The minimum Gasteiger partial charge on any atom is -0.496 e. The van der Waals surface area contributed by atoms with E-state index >= 15 is 0 Å². The van der Waals surface area contributed by atoms with Gasteiger partial charge in [-0.25, -0.2) is 9.59 Å². The van der Waals surface area contributed by atoms with Crippen molar-refractivity contribution in [1.82, 2.24) is 9.30 Å².